The maximum absolute atomic E-state index is 13.5. The Morgan fingerprint density at radius 1 is 0.605 bits per heavy atom. The maximum atomic E-state index is 13.5. The molecule has 43 heavy (non-hydrogen) atoms. The van der Waals surface area contributed by atoms with E-state index in [4.69, 9.17) is 5.26 Å². The maximum Gasteiger partial charge on any atom is 0.460 e. The number of halogens is 18. The standard InChI is InChI=1S/C17H14F18O7S/c18-10(19,12(22,23)14(26,27)16(30,31)32)1-3-39-8(36)5-7(6-43-42-41-38)9(37)40-4-2-11(20,21)13(24,25)15(28,29)17(33,34)35/h7,38H,1-6H2. The molecular weight excluding hydrogens is 690 g/mol. The fourth-order valence-electron chi connectivity index (χ4n) is 2.42. The van der Waals surface area contributed by atoms with Crippen LogP contribution >= 0.6 is 12.0 Å². The first-order valence-corrected chi connectivity index (χ1v) is 11.2. The Hall–Kier alpha value is -2.09. The van der Waals surface area contributed by atoms with Crippen LogP contribution in [0.1, 0.15) is 19.3 Å². The SMILES string of the molecule is O=C(CC(CSOOO)C(=O)OCCC(F)(F)C(F)(F)C(F)(F)C(F)(F)F)OCCC(F)(F)C(F)(F)C(F)(F)C(F)(F)F. The van der Waals surface area contributed by atoms with Crippen molar-refractivity contribution in [1.82, 2.24) is 0 Å². The zero-order valence-electron chi connectivity index (χ0n) is 19.9. The summed E-state index contributed by atoms with van der Waals surface area (Å²) < 4.78 is 242. The predicted octanol–water partition coefficient (Wildman–Crippen LogP) is 6.87. The predicted molar refractivity (Wildman–Crippen MR) is 98.3 cm³/mol. The van der Waals surface area contributed by atoms with E-state index in [0.29, 0.717) is 0 Å². The summed E-state index contributed by atoms with van der Waals surface area (Å²) in [7, 11) is 0. The third-order valence-electron chi connectivity index (χ3n) is 4.85. The van der Waals surface area contributed by atoms with E-state index in [2.05, 4.69) is 18.8 Å². The van der Waals surface area contributed by atoms with Crippen molar-refractivity contribution >= 4 is 24.0 Å². The van der Waals surface area contributed by atoms with Crippen LogP contribution in [0.15, 0.2) is 0 Å². The summed E-state index contributed by atoms with van der Waals surface area (Å²) in [5, 5.41) is 11.0. The van der Waals surface area contributed by atoms with Gasteiger partial charge < -0.3 is 9.47 Å². The van der Waals surface area contributed by atoms with Gasteiger partial charge in [0, 0.05) is 17.8 Å². The number of alkyl halides is 18. The molecule has 0 spiro atoms. The van der Waals surface area contributed by atoms with Crippen LogP contribution in [-0.2, 0) is 28.4 Å². The van der Waals surface area contributed by atoms with Crippen molar-refractivity contribution in [3.63, 3.8) is 0 Å². The van der Waals surface area contributed by atoms with Crippen LogP contribution in [0.3, 0.4) is 0 Å². The van der Waals surface area contributed by atoms with E-state index in [1.807, 2.05) is 0 Å². The summed E-state index contributed by atoms with van der Waals surface area (Å²) in [5.74, 6) is -48.2. The molecule has 0 aliphatic rings. The third-order valence-corrected chi connectivity index (χ3v) is 5.55. The first-order chi connectivity index (χ1) is 18.9. The van der Waals surface area contributed by atoms with Gasteiger partial charge in [0.2, 0.25) is 0 Å². The topological polar surface area (TPSA) is 91.3 Å². The Kier molecular flexibility index (Phi) is 13.2. The van der Waals surface area contributed by atoms with E-state index in [9.17, 15) is 88.6 Å². The number of hydrogen-bond donors (Lipinski definition) is 1. The van der Waals surface area contributed by atoms with Gasteiger partial charge in [-0.25, -0.2) is 5.26 Å². The fraction of sp³-hybridized carbons (Fsp3) is 0.882. The molecule has 7 nitrogen and oxygen atoms in total. The van der Waals surface area contributed by atoms with Gasteiger partial charge in [-0.15, -0.1) is 4.33 Å². The zero-order chi connectivity index (χ0) is 34.5. The van der Waals surface area contributed by atoms with Crippen molar-refractivity contribution in [3.05, 3.63) is 0 Å². The van der Waals surface area contributed by atoms with Crippen LogP contribution in [0.25, 0.3) is 0 Å². The van der Waals surface area contributed by atoms with Gasteiger partial charge in [-0.3, -0.25) is 9.59 Å². The molecule has 0 saturated carbocycles. The number of rotatable bonds is 17. The molecule has 26 heteroatoms. The lowest BCUT2D eigenvalue weighted by Crippen LogP contribution is -2.61. The van der Waals surface area contributed by atoms with Crippen LogP contribution in [0.2, 0.25) is 0 Å². The third kappa shape index (κ3) is 9.21. The Morgan fingerprint density at radius 2 is 0.977 bits per heavy atom. The number of hydrogen-bond acceptors (Lipinski definition) is 8. The minimum Gasteiger partial charge on any atom is -0.465 e. The summed E-state index contributed by atoms with van der Waals surface area (Å²) in [6.07, 6.45) is -21.2. The van der Waals surface area contributed by atoms with Crippen molar-refractivity contribution < 1.29 is 113 Å². The summed E-state index contributed by atoms with van der Waals surface area (Å²) in [5.41, 5.74) is 0. The van der Waals surface area contributed by atoms with E-state index < -0.39 is 104 Å². The highest BCUT2D eigenvalue weighted by Crippen LogP contribution is 2.55. The van der Waals surface area contributed by atoms with Crippen molar-refractivity contribution in [2.75, 3.05) is 19.0 Å². The molecule has 0 aromatic heterocycles. The van der Waals surface area contributed by atoms with E-state index in [1.165, 1.54) is 0 Å². The highest BCUT2D eigenvalue weighted by molar-refractivity contribution is 7.94. The van der Waals surface area contributed by atoms with Gasteiger partial charge in [-0.05, 0) is 0 Å². The number of carbonyl (C=O) groups is 2. The van der Waals surface area contributed by atoms with E-state index >= 15 is 0 Å². The van der Waals surface area contributed by atoms with Gasteiger partial charge in [0.15, 0.2) is 0 Å². The van der Waals surface area contributed by atoms with E-state index in [-0.39, 0.29) is 12.0 Å². The fourth-order valence-corrected chi connectivity index (χ4v) is 2.94. The lowest BCUT2D eigenvalue weighted by atomic mass is 10.0. The monoisotopic (exact) mass is 704 g/mol. The minimum atomic E-state index is -7.28. The van der Waals surface area contributed by atoms with Gasteiger partial charge in [0.1, 0.15) is 0 Å². The molecule has 1 unspecified atom stereocenters. The second-order valence-electron chi connectivity index (χ2n) is 7.92. The lowest BCUT2D eigenvalue weighted by Gasteiger charge is -2.33. The summed E-state index contributed by atoms with van der Waals surface area (Å²) in [4.78, 5) is 23.7. The van der Waals surface area contributed by atoms with Crippen LogP contribution in [0, 0.1) is 5.92 Å². The van der Waals surface area contributed by atoms with Crippen molar-refractivity contribution in [1.29, 1.82) is 0 Å². The van der Waals surface area contributed by atoms with Gasteiger partial charge in [-0.1, -0.05) is 5.04 Å². The smallest absolute Gasteiger partial charge is 0.460 e. The molecule has 0 fully saturated rings. The van der Waals surface area contributed by atoms with E-state index in [1.54, 1.807) is 0 Å². The van der Waals surface area contributed by atoms with Crippen molar-refractivity contribution in [2.24, 2.45) is 5.92 Å². The molecule has 0 rings (SSSR count). The van der Waals surface area contributed by atoms with Crippen molar-refractivity contribution in [3.8, 4) is 0 Å². The Labute approximate surface area is 229 Å². The molecule has 0 aliphatic heterocycles. The molecule has 256 valence electrons. The molecule has 1 N–H and O–H groups in total. The van der Waals surface area contributed by atoms with Gasteiger partial charge >= 0.3 is 59.8 Å². The molecular formula is C17H14F18O7S. The average molecular weight is 704 g/mol. The van der Waals surface area contributed by atoms with Crippen LogP contribution in [-0.4, -0.2) is 84.1 Å². The van der Waals surface area contributed by atoms with Gasteiger partial charge in [0.25, 0.3) is 0 Å². The molecule has 1 atom stereocenters. The zero-order valence-corrected chi connectivity index (χ0v) is 20.7. The molecule has 0 aromatic rings. The lowest BCUT2D eigenvalue weighted by molar-refractivity contribution is -0.432. The summed E-state index contributed by atoms with van der Waals surface area (Å²) in [6.45, 7) is -4.06. The molecule has 0 amide bonds. The molecule has 0 saturated heterocycles. The van der Waals surface area contributed by atoms with Crippen LogP contribution < -0.4 is 0 Å². The Morgan fingerprint density at radius 3 is 1.33 bits per heavy atom. The van der Waals surface area contributed by atoms with E-state index in [0.717, 1.165) is 0 Å². The second-order valence-corrected chi connectivity index (χ2v) is 8.62. The Bertz CT molecular complexity index is 937. The molecule has 0 heterocycles. The number of carbonyl (C=O) groups excluding carboxylic acids is 2. The minimum absolute atomic E-state index is 0.165. The quantitative estimate of drug-likeness (QED) is 0.0439. The largest absolute Gasteiger partial charge is 0.465 e. The van der Waals surface area contributed by atoms with Crippen LogP contribution in [0.5, 0.6) is 0 Å². The first-order valence-electron chi connectivity index (χ1n) is 10.3. The Balaban J connectivity index is 5.39. The molecule has 0 radical (unpaired) electrons. The normalized spacial score (nSPS) is 15.3. The highest BCUT2D eigenvalue weighted by atomic mass is 32.2. The molecule has 0 aromatic carbocycles. The highest BCUT2D eigenvalue weighted by Gasteiger charge is 2.82. The second kappa shape index (κ2) is 13.9. The molecule has 0 aliphatic carbocycles. The molecule has 0 bridgehead atoms. The summed E-state index contributed by atoms with van der Waals surface area (Å²) in [6, 6.07) is 0. The van der Waals surface area contributed by atoms with Gasteiger partial charge in [-0.2, -0.15) is 79.0 Å². The number of esters is 2. The first kappa shape index (κ1) is 40.9. The van der Waals surface area contributed by atoms with Gasteiger partial charge in [0.05, 0.1) is 38.4 Å². The van der Waals surface area contributed by atoms with Crippen LogP contribution in [0.4, 0.5) is 79.0 Å². The average Bonchev–Trinajstić information content (AvgIpc) is 2.81. The number of ether oxygens (including phenoxy) is 2. The summed E-state index contributed by atoms with van der Waals surface area (Å²) >= 11 is -0.165. The van der Waals surface area contributed by atoms with Crippen molar-refractivity contribution in [2.45, 2.75) is 67.2 Å².